The molecule has 192 valence electrons. The number of hydrogen-bond donors (Lipinski definition) is 4. The zero-order valence-corrected chi connectivity index (χ0v) is 21.3. The van der Waals surface area contributed by atoms with Gasteiger partial charge >= 0.3 is 6.09 Å². The van der Waals surface area contributed by atoms with Crippen LogP contribution in [0.4, 0.5) is 15.1 Å². The minimum Gasteiger partial charge on any atom is -0.453 e. The molecule has 4 N–H and O–H groups in total. The van der Waals surface area contributed by atoms with Crippen LogP contribution in [0.15, 0.2) is 29.3 Å². The molecule has 0 unspecified atom stereocenters. The summed E-state index contributed by atoms with van der Waals surface area (Å²) in [4.78, 5) is 27.3. The van der Waals surface area contributed by atoms with Crippen molar-refractivity contribution in [3.05, 3.63) is 41.1 Å². The molecular weight excluding hydrogens is 513 g/mol. The highest BCUT2D eigenvalue weighted by Crippen LogP contribution is 2.42. The van der Waals surface area contributed by atoms with Crippen molar-refractivity contribution in [1.29, 1.82) is 0 Å². The molecule has 1 aromatic carbocycles. The number of methoxy groups -OCH3 is 1. The third kappa shape index (κ3) is 5.58. The summed E-state index contributed by atoms with van der Waals surface area (Å²) in [6.07, 6.45) is 2.84. The van der Waals surface area contributed by atoms with Crippen molar-refractivity contribution in [3.8, 4) is 22.6 Å². The topological polar surface area (TPSA) is 151 Å². The Morgan fingerprint density at radius 3 is 2.75 bits per heavy atom. The SMILES string of the molecule is CNS(=O)(=O)c1cc(Cl)cc(-c2nc(C3CC3)[nH]c2-c2ccnc(NC[C@H](C)NC(=O)OC)n2)c1F. The summed E-state index contributed by atoms with van der Waals surface area (Å²) < 4.78 is 47.0. The Balaban J connectivity index is 1.73. The number of H-pyrrole nitrogens is 1. The van der Waals surface area contributed by atoms with E-state index < -0.39 is 26.8 Å². The Hall–Kier alpha value is -3.29. The number of aromatic amines is 1. The van der Waals surface area contributed by atoms with E-state index in [-0.39, 0.29) is 34.2 Å². The summed E-state index contributed by atoms with van der Waals surface area (Å²) in [6.45, 7) is 2.09. The van der Waals surface area contributed by atoms with E-state index in [4.69, 9.17) is 11.6 Å². The lowest BCUT2D eigenvalue weighted by molar-refractivity contribution is 0.168. The first-order valence-corrected chi connectivity index (χ1v) is 12.9. The Morgan fingerprint density at radius 2 is 2.08 bits per heavy atom. The average Bonchev–Trinajstić information content (AvgIpc) is 3.62. The van der Waals surface area contributed by atoms with Crippen molar-refractivity contribution in [2.24, 2.45) is 0 Å². The number of amides is 1. The standard InChI is InChI=1S/C22H25ClFN7O4S/c1-11(28-22(32)35-3)10-27-21-26-7-6-15(29-21)19-18(30-20(31-19)12-4-5-12)14-8-13(23)9-16(17(14)24)36(33,34)25-2/h6-9,11-12,25H,4-5,10H2,1-3H3,(H,28,32)(H,30,31)(H,26,27,29)/t11-/m0/s1. The second kappa shape index (κ2) is 10.4. The highest BCUT2D eigenvalue weighted by atomic mass is 35.5. The van der Waals surface area contributed by atoms with E-state index in [0.29, 0.717) is 23.8 Å². The maximum Gasteiger partial charge on any atom is 0.407 e. The molecule has 36 heavy (non-hydrogen) atoms. The number of alkyl carbamates (subject to hydrolysis) is 1. The van der Waals surface area contributed by atoms with Crippen molar-refractivity contribution in [2.45, 2.75) is 36.6 Å². The third-order valence-electron chi connectivity index (χ3n) is 5.53. The molecule has 2 aromatic heterocycles. The predicted octanol–water partition coefficient (Wildman–Crippen LogP) is 3.27. The van der Waals surface area contributed by atoms with Crippen LogP contribution in [0.2, 0.25) is 5.02 Å². The second-order valence-electron chi connectivity index (χ2n) is 8.28. The van der Waals surface area contributed by atoms with Crippen molar-refractivity contribution in [3.63, 3.8) is 0 Å². The van der Waals surface area contributed by atoms with Gasteiger partial charge in [-0.25, -0.2) is 37.3 Å². The maximum atomic E-state index is 15.5. The molecule has 1 aliphatic carbocycles. The molecule has 0 saturated heterocycles. The molecule has 1 amide bonds. The van der Waals surface area contributed by atoms with E-state index in [1.54, 1.807) is 13.0 Å². The first-order chi connectivity index (χ1) is 17.1. The maximum absolute atomic E-state index is 15.5. The molecule has 4 rings (SSSR count). The number of ether oxygens (including phenoxy) is 1. The summed E-state index contributed by atoms with van der Waals surface area (Å²) in [5.41, 5.74) is 0.929. The molecule has 2 heterocycles. The van der Waals surface area contributed by atoms with Crippen molar-refractivity contribution in [1.82, 2.24) is 30.0 Å². The molecule has 0 bridgehead atoms. The van der Waals surface area contributed by atoms with Gasteiger partial charge in [0.15, 0.2) is 5.82 Å². The van der Waals surface area contributed by atoms with E-state index in [9.17, 15) is 13.2 Å². The van der Waals surface area contributed by atoms with Crippen LogP contribution in [0.1, 0.15) is 31.5 Å². The van der Waals surface area contributed by atoms with Crippen LogP contribution in [0.5, 0.6) is 0 Å². The van der Waals surface area contributed by atoms with Crippen molar-refractivity contribution < 1.29 is 22.3 Å². The lowest BCUT2D eigenvalue weighted by Crippen LogP contribution is -2.37. The van der Waals surface area contributed by atoms with Crippen LogP contribution in [-0.4, -0.2) is 61.2 Å². The molecular formula is C22H25ClFN7O4S. The number of benzene rings is 1. The predicted molar refractivity (Wildman–Crippen MR) is 132 cm³/mol. The lowest BCUT2D eigenvalue weighted by Gasteiger charge is -2.14. The summed E-state index contributed by atoms with van der Waals surface area (Å²) in [6, 6.07) is 3.74. The molecule has 1 atom stereocenters. The van der Waals surface area contributed by atoms with Gasteiger partial charge in [-0.3, -0.25) is 0 Å². The number of carbonyl (C=O) groups excluding carboxylic acids is 1. The normalized spacial score (nSPS) is 14.4. The largest absolute Gasteiger partial charge is 0.453 e. The highest BCUT2D eigenvalue weighted by Gasteiger charge is 2.31. The number of sulfonamides is 1. The summed E-state index contributed by atoms with van der Waals surface area (Å²) in [5, 5.41) is 5.70. The minimum atomic E-state index is -4.11. The van der Waals surface area contributed by atoms with E-state index in [1.165, 1.54) is 26.4 Å². The summed E-state index contributed by atoms with van der Waals surface area (Å²) in [7, 11) is -1.64. The van der Waals surface area contributed by atoms with Gasteiger partial charge in [-0.15, -0.1) is 0 Å². The highest BCUT2D eigenvalue weighted by molar-refractivity contribution is 7.89. The van der Waals surface area contributed by atoms with E-state index in [1.807, 2.05) is 0 Å². The summed E-state index contributed by atoms with van der Waals surface area (Å²) >= 11 is 6.19. The molecule has 11 nitrogen and oxygen atoms in total. The Bertz CT molecular complexity index is 1400. The average molecular weight is 538 g/mol. The van der Waals surface area contributed by atoms with Crippen LogP contribution >= 0.6 is 11.6 Å². The van der Waals surface area contributed by atoms with E-state index in [0.717, 1.165) is 18.9 Å². The van der Waals surface area contributed by atoms with Gasteiger partial charge in [0.25, 0.3) is 0 Å². The van der Waals surface area contributed by atoms with Crippen LogP contribution < -0.4 is 15.4 Å². The van der Waals surface area contributed by atoms with Gasteiger partial charge in [-0.1, -0.05) is 11.6 Å². The number of rotatable bonds is 9. The van der Waals surface area contributed by atoms with Gasteiger partial charge in [0.05, 0.1) is 18.5 Å². The van der Waals surface area contributed by atoms with Crippen LogP contribution in [0, 0.1) is 5.82 Å². The number of nitrogens with one attached hydrogen (secondary N) is 4. The molecule has 0 aliphatic heterocycles. The van der Waals surface area contributed by atoms with E-state index in [2.05, 4.69) is 40.0 Å². The number of halogens is 2. The molecule has 14 heteroatoms. The first-order valence-electron chi connectivity index (χ1n) is 11.1. The first kappa shape index (κ1) is 25.8. The van der Waals surface area contributed by atoms with E-state index >= 15 is 4.39 Å². The number of carbonyl (C=O) groups is 1. The van der Waals surface area contributed by atoms with Gasteiger partial charge in [0.1, 0.15) is 16.4 Å². The molecule has 1 saturated carbocycles. The Kier molecular flexibility index (Phi) is 7.43. The van der Waals surface area contributed by atoms with Gasteiger partial charge in [0, 0.05) is 35.3 Å². The number of imidazole rings is 1. The van der Waals surface area contributed by atoms with Crippen LogP contribution in [-0.2, 0) is 14.8 Å². The second-order valence-corrected chi connectivity index (χ2v) is 10.6. The number of aromatic nitrogens is 4. The lowest BCUT2D eigenvalue weighted by atomic mass is 10.1. The van der Waals surface area contributed by atoms with Gasteiger partial charge < -0.3 is 20.4 Å². The van der Waals surface area contributed by atoms with Gasteiger partial charge in [0.2, 0.25) is 16.0 Å². The zero-order chi connectivity index (χ0) is 26.0. The monoisotopic (exact) mass is 537 g/mol. The fourth-order valence-corrected chi connectivity index (χ4v) is 4.63. The number of nitrogens with zero attached hydrogens (tertiary/aromatic N) is 3. The molecule has 1 fully saturated rings. The molecule has 1 aliphatic rings. The molecule has 3 aromatic rings. The zero-order valence-electron chi connectivity index (χ0n) is 19.7. The molecule has 0 radical (unpaired) electrons. The molecule has 0 spiro atoms. The third-order valence-corrected chi connectivity index (χ3v) is 7.16. The fraction of sp³-hybridized carbons (Fsp3) is 0.364. The van der Waals surface area contributed by atoms with Gasteiger partial charge in [-0.2, -0.15) is 0 Å². The summed E-state index contributed by atoms with van der Waals surface area (Å²) in [5.74, 6) is 0.148. The smallest absolute Gasteiger partial charge is 0.407 e. The van der Waals surface area contributed by atoms with Crippen molar-refractivity contribution >= 4 is 33.7 Å². The fourth-order valence-electron chi connectivity index (χ4n) is 3.50. The number of anilines is 1. The quantitative estimate of drug-likeness (QED) is 0.324. The number of hydrogen-bond acceptors (Lipinski definition) is 8. The van der Waals surface area contributed by atoms with Crippen LogP contribution in [0.3, 0.4) is 0 Å². The Morgan fingerprint density at radius 1 is 1.33 bits per heavy atom. The Labute approximate surface area is 212 Å². The minimum absolute atomic E-state index is 0.0410. The van der Waals surface area contributed by atoms with Gasteiger partial charge in [-0.05, 0) is 45.0 Å². The van der Waals surface area contributed by atoms with Crippen LogP contribution in [0.25, 0.3) is 22.6 Å². The van der Waals surface area contributed by atoms with Crippen molar-refractivity contribution in [2.75, 3.05) is 26.0 Å².